The van der Waals surface area contributed by atoms with E-state index in [-0.39, 0.29) is 11.9 Å². The Labute approximate surface area is 225 Å². The number of carbonyl (C=O) groups excluding carboxylic acids is 1. The van der Waals surface area contributed by atoms with Crippen LogP contribution in [0.2, 0.25) is 5.02 Å². The van der Waals surface area contributed by atoms with Gasteiger partial charge in [0.1, 0.15) is 5.75 Å². The predicted molar refractivity (Wildman–Crippen MR) is 151 cm³/mol. The Balaban J connectivity index is 1.21. The van der Waals surface area contributed by atoms with Crippen molar-refractivity contribution in [2.24, 2.45) is 5.92 Å². The van der Waals surface area contributed by atoms with E-state index in [2.05, 4.69) is 40.4 Å². The van der Waals surface area contributed by atoms with Gasteiger partial charge < -0.3 is 30.5 Å². The standard InChI is InChI=1S/C27H40ClN5O2S/c1-4-32(16-18(2)3)27(36)33-12-5-19(6-13-33)17-31-10-7-20(8-11-31)30-26(34)22-15-23(28)24(29)21-9-14-35-25(21)22/h15,19-20H,2,4-14,16-17,29H2,1,3H3,(H,30,34). The maximum Gasteiger partial charge on any atom is 0.255 e. The minimum absolute atomic E-state index is 0.121. The second-order valence-electron chi connectivity index (χ2n) is 10.5. The number of halogens is 1. The average molecular weight is 534 g/mol. The van der Waals surface area contributed by atoms with Crippen molar-refractivity contribution in [3.63, 3.8) is 0 Å². The number of nitrogens with zero attached hydrogens (tertiary/aromatic N) is 3. The third kappa shape index (κ3) is 6.26. The highest BCUT2D eigenvalue weighted by Gasteiger charge is 2.29. The molecule has 0 bridgehead atoms. The number of hydrogen-bond donors (Lipinski definition) is 2. The number of piperidine rings is 2. The molecule has 0 spiro atoms. The fraction of sp³-hybridized carbons (Fsp3) is 0.630. The summed E-state index contributed by atoms with van der Waals surface area (Å²) in [4.78, 5) is 20.2. The summed E-state index contributed by atoms with van der Waals surface area (Å²) in [6.45, 7) is 15.7. The highest BCUT2D eigenvalue weighted by Crippen LogP contribution is 2.38. The predicted octanol–water partition coefficient (Wildman–Crippen LogP) is 3.95. The van der Waals surface area contributed by atoms with Crippen LogP contribution in [0.1, 0.15) is 55.5 Å². The molecule has 0 unspecified atom stereocenters. The molecule has 0 aliphatic carbocycles. The van der Waals surface area contributed by atoms with Crippen molar-refractivity contribution in [2.75, 3.05) is 58.2 Å². The summed E-state index contributed by atoms with van der Waals surface area (Å²) in [6, 6.07) is 1.80. The van der Waals surface area contributed by atoms with Crippen LogP contribution in [0.5, 0.6) is 5.75 Å². The van der Waals surface area contributed by atoms with E-state index in [1.807, 2.05) is 0 Å². The molecule has 198 valence electrons. The molecular formula is C27H40ClN5O2S. The van der Waals surface area contributed by atoms with Crippen molar-refractivity contribution < 1.29 is 9.53 Å². The first-order valence-corrected chi connectivity index (χ1v) is 14.0. The van der Waals surface area contributed by atoms with Gasteiger partial charge in [-0.25, -0.2) is 0 Å². The van der Waals surface area contributed by atoms with Gasteiger partial charge in [0.2, 0.25) is 0 Å². The van der Waals surface area contributed by atoms with Gasteiger partial charge in [-0.05, 0) is 63.7 Å². The lowest BCUT2D eigenvalue weighted by atomic mass is 9.94. The third-order valence-corrected chi connectivity index (χ3v) is 8.48. The Kier molecular flexibility index (Phi) is 9.01. The minimum atomic E-state index is -0.121. The summed E-state index contributed by atoms with van der Waals surface area (Å²) in [5, 5.41) is 4.59. The number of hydrogen-bond acceptors (Lipinski definition) is 5. The summed E-state index contributed by atoms with van der Waals surface area (Å²) >= 11 is 12.1. The molecule has 4 rings (SSSR count). The van der Waals surface area contributed by atoms with E-state index in [1.54, 1.807) is 6.07 Å². The van der Waals surface area contributed by atoms with Crippen molar-refractivity contribution in [3.8, 4) is 5.75 Å². The summed E-state index contributed by atoms with van der Waals surface area (Å²) in [6.07, 6.45) is 4.94. The van der Waals surface area contributed by atoms with Crippen molar-refractivity contribution in [1.82, 2.24) is 20.0 Å². The van der Waals surface area contributed by atoms with Crippen molar-refractivity contribution in [3.05, 3.63) is 34.4 Å². The summed E-state index contributed by atoms with van der Waals surface area (Å²) in [7, 11) is 0. The Bertz CT molecular complexity index is 987. The molecule has 36 heavy (non-hydrogen) atoms. The van der Waals surface area contributed by atoms with Gasteiger partial charge in [-0.15, -0.1) is 0 Å². The average Bonchev–Trinajstić information content (AvgIpc) is 3.36. The zero-order valence-electron chi connectivity index (χ0n) is 21.7. The monoisotopic (exact) mass is 533 g/mol. The number of nitrogens with two attached hydrogens (primary N) is 1. The molecule has 3 N–H and O–H groups in total. The van der Waals surface area contributed by atoms with Gasteiger partial charge in [0, 0.05) is 63.8 Å². The maximum absolute atomic E-state index is 13.0. The molecule has 3 heterocycles. The molecule has 2 saturated heterocycles. The normalized spacial score (nSPS) is 19.0. The zero-order valence-corrected chi connectivity index (χ0v) is 23.2. The van der Waals surface area contributed by atoms with Crippen LogP contribution in [0, 0.1) is 5.92 Å². The number of likely N-dealkylation sites (tertiary alicyclic amines) is 2. The number of ether oxygens (including phenoxy) is 1. The summed E-state index contributed by atoms with van der Waals surface area (Å²) < 4.78 is 5.71. The number of nitrogen functional groups attached to an aromatic ring is 1. The molecule has 0 radical (unpaired) electrons. The largest absolute Gasteiger partial charge is 0.492 e. The Morgan fingerprint density at radius 3 is 2.61 bits per heavy atom. The molecule has 1 aromatic rings. The molecule has 3 aliphatic rings. The number of benzene rings is 1. The van der Waals surface area contributed by atoms with E-state index in [1.165, 1.54) is 12.8 Å². The Morgan fingerprint density at radius 2 is 1.97 bits per heavy atom. The van der Waals surface area contributed by atoms with Crippen LogP contribution in [0.4, 0.5) is 5.69 Å². The number of nitrogens with one attached hydrogen (secondary N) is 1. The molecule has 0 atom stereocenters. The first-order chi connectivity index (χ1) is 17.3. The van der Waals surface area contributed by atoms with Gasteiger partial charge >= 0.3 is 0 Å². The minimum Gasteiger partial charge on any atom is -0.492 e. The van der Waals surface area contributed by atoms with Gasteiger partial charge in [-0.3, -0.25) is 4.79 Å². The molecule has 1 aromatic carbocycles. The van der Waals surface area contributed by atoms with Crippen LogP contribution < -0.4 is 15.8 Å². The number of rotatable bonds is 7. The topological polar surface area (TPSA) is 74.1 Å². The van der Waals surface area contributed by atoms with Crippen LogP contribution in [0.15, 0.2) is 18.2 Å². The lowest BCUT2D eigenvalue weighted by Gasteiger charge is -2.40. The smallest absolute Gasteiger partial charge is 0.255 e. The molecule has 9 heteroatoms. The number of anilines is 1. The first kappa shape index (κ1) is 27.0. The SMILES string of the molecule is C=C(C)CN(CC)C(=S)N1CCC(CN2CCC(NC(=O)c3cc(Cl)c(N)c4c3OCC4)CC2)CC1. The third-order valence-electron chi connectivity index (χ3n) is 7.65. The Morgan fingerprint density at radius 1 is 1.28 bits per heavy atom. The van der Waals surface area contributed by atoms with Crippen molar-refractivity contribution >= 4 is 40.5 Å². The highest BCUT2D eigenvalue weighted by molar-refractivity contribution is 7.80. The Hall–Kier alpha value is -2.03. The molecular weight excluding hydrogens is 494 g/mol. The van der Waals surface area contributed by atoms with Crippen molar-refractivity contribution in [1.29, 1.82) is 0 Å². The molecule has 0 saturated carbocycles. The van der Waals surface area contributed by atoms with E-state index in [9.17, 15) is 4.79 Å². The lowest BCUT2D eigenvalue weighted by Crippen LogP contribution is -2.49. The van der Waals surface area contributed by atoms with Crippen LogP contribution >= 0.6 is 23.8 Å². The molecule has 1 amide bonds. The fourth-order valence-electron chi connectivity index (χ4n) is 5.57. The quantitative estimate of drug-likeness (QED) is 0.312. The highest BCUT2D eigenvalue weighted by atomic mass is 35.5. The molecule has 2 fully saturated rings. The van der Waals surface area contributed by atoms with E-state index < -0.39 is 0 Å². The second-order valence-corrected chi connectivity index (χ2v) is 11.2. The van der Waals surface area contributed by atoms with E-state index in [0.29, 0.717) is 41.0 Å². The van der Waals surface area contributed by atoms with Crippen LogP contribution in [-0.2, 0) is 6.42 Å². The van der Waals surface area contributed by atoms with Gasteiger partial charge in [0.25, 0.3) is 5.91 Å². The van der Waals surface area contributed by atoms with E-state index >= 15 is 0 Å². The van der Waals surface area contributed by atoms with Gasteiger partial charge in [-0.2, -0.15) is 0 Å². The number of thiocarbonyl (C=S) groups is 1. The molecule has 3 aliphatic heterocycles. The van der Waals surface area contributed by atoms with E-state index in [4.69, 9.17) is 34.3 Å². The summed E-state index contributed by atoms with van der Waals surface area (Å²) in [5.74, 6) is 1.17. The maximum atomic E-state index is 13.0. The molecule has 0 aromatic heterocycles. The van der Waals surface area contributed by atoms with Crippen LogP contribution in [0.25, 0.3) is 0 Å². The first-order valence-electron chi connectivity index (χ1n) is 13.2. The van der Waals surface area contributed by atoms with Gasteiger partial charge in [-0.1, -0.05) is 23.8 Å². The van der Waals surface area contributed by atoms with Crippen LogP contribution in [-0.4, -0.2) is 84.2 Å². The number of amides is 1. The van der Waals surface area contributed by atoms with Crippen LogP contribution in [0.3, 0.4) is 0 Å². The lowest BCUT2D eigenvalue weighted by molar-refractivity contribution is 0.0895. The number of likely N-dealkylation sites (N-methyl/N-ethyl adjacent to an activating group) is 1. The number of fused-ring (bicyclic) bond motifs is 1. The number of carbonyl (C=O) groups is 1. The fourth-order valence-corrected chi connectivity index (χ4v) is 6.17. The zero-order chi connectivity index (χ0) is 25.8. The molecule has 7 nitrogen and oxygen atoms in total. The summed E-state index contributed by atoms with van der Waals surface area (Å²) in [5.41, 5.74) is 9.09. The van der Waals surface area contributed by atoms with Gasteiger partial charge in [0.15, 0.2) is 5.11 Å². The van der Waals surface area contributed by atoms with Gasteiger partial charge in [0.05, 0.1) is 22.9 Å². The van der Waals surface area contributed by atoms with Crippen molar-refractivity contribution in [2.45, 2.75) is 52.0 Å². The second kappa shape index (κ2) is 12.0. The van der Waals surface area contributed by atoms with E-state index in [0.717, 1.165) is 74.9 Å².